The van der Waals surface area contributed by atoms with Crippen LogP contribution < -0.4 is 5.32 Å². The fraction of sp³-hybridized carbons (Fsp3) is 0.500. The zero-order valence-electron chi connectivity index (χ0n) is 13.6. The number of hydrogen-bond donors (Lipinski definition) is 1. The Morgan fingerprint density at radius 1 is 1.31 bits per heavy atom. The van der Waals surface area contributed by atoms with Crippen LogP contribution in [0.2, 0.25) is 0 Å². The third-order valence-electron chi connectivity index (χ3n) is 4.49. The molecule has 2 aliphatic rings. The van der Waals surface area contributed by atoms with Gasteiger partial charge in [0.15, 0.2) is 0 Å². The summed E-state index contributed by atoms with van der Waals surface area (Å²) in [6.45, 7) is 0. The Labute approximate surface area is 151 Å². The number of halogens is 3. The largest absolute Gasteiger partial charge is 0.416 e. The smallest absolute Gasteiger partial charge is 0.352 e. The van der Waals surface area contributed by atoms with Crippen LogP contribution >= 0.6 is 11.8 Å². The molecule has 26 heavy (non-hydrogen) atoms. The molecular weight excluding hydrogens is 367 g/mol. The lowest BCUT2D eigenvalue weighted by Gasteiger charge is -2.12. The molecule has 1 heterocycles. The van der Waals surface area contributed by atoms with E-state index in [0.717, 1.165) is 18.9 Å². The van der Waals surface area contributed by atoms with Gasteiger partial charge in [-0.2, -0.15) is 13.2 Å². The highest BCUT2D eigenvalue weighted by atomic mass is 32.2. The Bertz CT molecular complexity index is 820. The second-order valence-electron chi connectivity index (χ2n) is 6.53. The van der Waals surface area contributed by atoms with E-state index in [-0.39, 0.29) is 29.2 Å². The number of rotatable bonds is 6. The minimum Gasteiger partial charge on any atom is -0.352 e. The summed E-state index contributed by atoms with van der Waals surface area (Å²) in [4.78, 5) is 12.1. The van der Waals surface area contributed by atoms with Gasteiger partial charge in [-0.3, -0.25) is 4.79 Å². The second kappa shape index (κ2) is 6.57. The molecule has 4 rings (SSSR count). The van der Waals surface area contributed by atoms with Crippen LogP contribution in [-0.4, -0.2) is 37.9 Å². The molecule has 2 aliphatic carbocycles. The molecule has 1 N–H and O–H groups in total. The van der Waals surface area contributed by atoms with Crippen LogP contribution in [0.4, 0.5) is 13.2 Å². The minimum atomic E-state index is -4.39. The average Bonchev–Trinajstić information content (AvgIpc) is 3.52. The molecule has 2 fully saturated rings. The van der Waals surface area contributed by atoms with E-state index in [4.69, 9.17) is 0 Å². The lowest BCUT2D eigenvalue weighted by molar-refractivity contribution is -0.138. The van der Waals surface area contributed by atoms with Gasteiger partial charge in [0, 0.05) is 12.0 Å². The van der Waals surface area contributed by atoms with Crippen LogP contribution in [0.3, 0.4) is 0 Å². The van der Waals surface area contributed by atoms with E-state index >= 15 is 0 Å². The monoisotopic (exact) mass is 383 g/mol. The second-order valence-corrected chi connectivity index (χ2v) is 7.47. The summed E-state index contributed by atoms with van der Waals surface area (Å²) in [6, 6.07) is 5.60. The van der Waals surface area contributed by atoms with Crippen molar-refractivity contribution in [3.63, 3.8) is 0 Å². The molecule has 2 aromatic rings. The predicted octanol–water partition coefficient (Wildman–Crippen LogP) is 2.79. The first-order valence-electron chi connectivity index (χ1n) is 8.29. The predicted molar refractivity (Wildman–Crippen MR) is 87.5 cm³/mol. The number of carbonyl (C=O) groups is 1. The van der Waals surface area contributed by atoms with Crippen LogP contribution in [0.1, 0.15) is 42.3 Å². The number of hydrogen-bond acceptors (Lipinski definition) is 5. The highest BCUT2D eigenvalue weighted by molar-refractivity contribution is 7.99. The number of aromatic nitrogens is 4. The number of carbonyl (C=O) groups excluding carboxylic acids is 1. The topological polar surface area (TPSA) is 72.7 Å². The maximum absolute atomic E-state index is 13.1. The lowest BCUT2D eigenvalue weighted by atomic mass is 10.0. The fourth-order valence-corrected chi connectivity index (χ4v) is 3.74. The maximum Gasteiger partial charge on any atom is 0.416 e. The first-order chi connectivity index (χ1) is 12.4. The zero-order valence-corrected chi connectivity index (χ0v) is 14.4. The molecule has 0 aliphatic heterocycles. The summed E-state index contributed by atoms with van der Waals surface area (Å²) < 4.78 is 41.0. The highest BCUT2D eigenvalue weighted by Crippen LogP contribution is 2.46. The van der Waals surface area contributed by atoms with Gasteiger partial charge in [-0.15, -0.1) is 5.10 Å². The van der Waals surface area contributed by atoms with E-state index < -0.39 is 11.7 Å². The van der Waals surface area contributed by atoms with E-state index in [1.807, 2.05) is 0 Å². The first kappa shape index (κ1) is 17.3. The normalized spacial score (nSPS) is 22.3. The van der Waals surface area contributed by atoms with Crippen molar-refractivity contribution in [2.75, 3.05) is 5.75 Å². The zero-order chi connectivity index (χ0) is 18.3. The van der Waals surface area contributed by atoms with Crippen molar-refractivity contribution in [2.45, 2.75) is 48.6 Å². The summed E-state index contributed by atoms with van der Waals surface area (Å²) in [7, 11) is 0. The van der Waals surface area contributed by atoms with Crippen LogP contribution in [-0.2, 0) is 11.0 Å². The molecule has 10 heteroatoms. The lowest BCUT2D eigenvalue weighted by Crippen LogP contribution is -2.28. The molecule has 1 amide bonds. The summed E-state index contributed by atoms with van der Waals surface area (Å²) in [5, 5.41) is 14.8. The molecule has 0 radical (unpaired) electrons. The number of thioether (sulfide) groups is 1. The van der Waals surface area contributed by atoms with Gasteiger partial charge in [0.1, 0.15) is 0 Å². The molecular formula is C16H16F3N5OS. The number of alkyl halides is 3. The number of nitrogens with zero attached hydrogens (tertiary/aromatic N) is 4. The Hall–Kier alpha value is -2.10. The van der Waals surface area contributed by atoms with Crippen LogP contribution in [0.5, 0.6) is 0 Å². The number of amides is 1. The Balaban J connectivity index is 1.32. The number of tetrazole rings is 1. The fourth-order valence-electron chi connectivity index (χ4n) is 2.98. The van der Waals surface area contributed by atoms with Crippen molar-refractivity contribution < 1.29 is 18.0 Å². The molecule has 2 unspecified atom stereocenters. The molecule has 138 valence electrons. The quantitative estimate of drug-likeness (QED) is 0.777. The average molecular weight is 383 g/mol. The van der Waals surface area contributed by atoms with Crippen molar-refractivity contribution in [1.82, 2.24) is 25.5 Å². The minimum absolute atomic E-state index is 0.136. The number of nitrogens with one attached hydrogen (secondary N) is 1. The van der Waals surface area contributed by atoms with Gasteiger partial charge in [0.25, 0.3) is 0 Å². The van der Waals surface area contributed by atoms with Crippen molar-refractivity contribution in [1.29, 1.82) is 0 Å². The van der Waals surface area contributed by atoms with E-state index in [0.29, 0.717) is 17.6 Å². The standard InChI is InChI=1S/C16H16F3N5OS/c17-16(18,19)12-4-2-1-3-10(12)11-7-13(11)20-14(25)8-26-15-21-22-23-24(15)9-5-6-9/h1-4,9,11,13H,5-8H2,(H,20,25). The summed E-state index contributed by atoms with van der Waals surface area (Å²) in [5.74, 6) is -0.382. The van der Waals surface area contributed by atoms with Crippen molar-refractivity contribution in [3.05, 3.63) is 35.4 Å². The number of benzene rings is 1. The van der Waals surface area contributed by atoms with Crippen LogP contribution in [0.25, 0.3) is 0 Å². The molecule has 2 saturated carbocycles. The van der Waals surface area contributed by atoms with Gasteiger partial charge in [0.2, 0.25) is 11.1 Å². The maximum atomic E-state index is 13.1. The van der Waals surface area contributed by atoms with Crippen molar-refractivity contribution in [2.24, 2.45) is 0 Å². The summed E-state index contributed by atoms with van der Waals surface area (Å²) >= 11 is 1.24. The van der Waals surface area contributed by atoms with Gasteiger partial charge in [-0.05, 0) is 41.3 Å². The van der Waals surface area contributed by atoms with Crippen LogP contribution in [0.15, 0.2) is 29.4 Å². The molecule has 0 bridgehead atoms. The van der Waals surface area contributed by atoms with E-state index in [9.17, 15) is 18.0 Å². The summed E-state index contributed by atoms with van der Waals surface area (Å²) in [6.07, 6.45) is -1.80. The molecule has 2 atom stereocenters. The van der Waals surface area contributed by atoms with E-state index in [1.165, 1.54) is 23.9 Å². The van der Waals surface area contributed by atoms with Gasteiger partial charge < -0.3 is 5.32 Å². The Morgan fingerprint density at radius 2 is 2.08 bits per heavy atom. The van der Waals surface area contributed by atoms with Crippen LogP contribution in [0, 0.1) is 0 Å². The van der Waals surface area contributed by atoms with Gasteiger partial charge >= 0.3 is 6.18 Å². The third-order valence-corrected chi connectivity index (χ3v) is 5.42. The van der Waals surface area contributed by atoms with Crippen molar-refractivity contribution in [3.8, 4) is 0 Å². The van der Waals surface area contributed by atoms with Gasteiger partial charge in [-0.25, -0.2) is 4.68 Å². The van der Waals surface area contributed by atoms with Gasteiger partial charge in [-0.1, -0.05) is 30.0 Å². The Kier molecular flexibility index (Phi) is 4.37. The molecule has 0 spiro atoms. The highest BCUT2D eigenvalue weighted by Gasteiger charge is 2.44. The molecule has 0 saturated heterocycles. The molecule has 1 aromatic heterocycles. The Morgan fingerprint density at radius 3 is 2.81 bits per heavy atom. The van der Waals surface area contributed by atoms with E-state index in [2.05, 4.69) is 20.8 Å². The van der Waals surface area contributed by atoms with Crippen molar-refractivity contribution >= 4 is 17.7 Å². The third kappa shape index (κ3) is 3.69. The molecule has 6 nitrogen and oxygen atoms in total. The molecule has 1 aromatic carbocycles. The first-order valence-corrected chi connectivity index (χ1v) is 9.28. The summed E-state index contributed by atoms with van der Waals surface area (Å²) in [5.41, 5.74) is -0.379. The van der Waals surface area contributed by atoms with Gasteiger partial charge in [0.05, 0.1) is 17.4 Å². The van der Waals surface area contributed by atoms with E-state index in [1.54, 1.807) is 10.7 Å². The SMILES string of the molecule is O=C(CSc1nnnn1C1CC1)NC1CC1c1ccccc1C(F)(F)F.